The Bertz CT molecular complexity index is 561. The van der Waals surface area contributed by atoms with E-state index in [2.05, 4.69) is 4.98 Å². The lowest BCUT2D eigenvalue weighted by molar-refractivity contribution is 0.0997. The highest BCUT2D eigenvalue weighted by atomic mass is 16.5. The minimum atomic E-state index is -0.504. The molecule has 0 fully saturated rings. The molecule has 0 aliphatic rings. The van der Waals surface area contributed by atoms with Crippen LogP contribution in [0.1, 0.15) is 16.1 Å². The summed E-state index contributed by atoms with van der Waals surface area (Å²) in [5.41, 5.74) is 7.40. The molecule has 0 aliphatic heterocycles. The molecule has 2 aromatic rings. The normalized spacial score (nSPS) is 10.2. The Balaban J connectivity index is 2.48. The number of nitrogens with zero attached hydrogens (tertiary/aromatic N) is 2. The number of carbonyl (C=O) groups is 1. The Morgan fingerprint density at radius 2 is 2.24 bits per heavy atom. The maximum absolute atomic E-state index is 11.2. The van der Waals surface area contributed by atoms with Crippen LogP contribution in [0.25, 0.3) is 5.69 Å². The van der Waals surface area contributed by atoms with E-state index in [0.717, 1.165) is 11.4 Å². The largest absolute Gasteiger partial charge is 0.496 e. The molecular weight excluding hydrogens is 218 g/mol. The first kappa shape index (κ1) is 11.2. The molecule has 88 valence electrons. The number of amides is 1. The number of primary amides is 1. The smallest absolute Gasteiger partial charge is 0.252 e. The molecule has 0 bridgehead atoms. The summed E-state index contributed by atoms with van der Waals surface area (Å²) in [5.74, 6) is -0.0448. The molecule has 5 nitrogen and oxygen atoms in total. The van der Waals surface area contributed by atoms with Gasteiger partial charge in [-0.05, 0) is 19.1 Å². The van der Waals surface area contributed by atoms with Crippen molar-refractivity contribution in [2.75, 3.05) is 7.11 Å². The summed E-state index contributed by atoms with van der Waals surface area (Å²) in [6.45, 7) is 1.91. The molecule has 2 rings (SSSR count). The number of aryl methyl sites for hydroxylation is 1. The first-order valence-electron chi connectivity index (χ1n) is 5.10. The van der Waals surface area contributed by atoms with Crippen molar-refractivity contribution in [3.8, 4) is 11.4 Å². The van der Waals surface area contributed by atoms with E-state index in [1.807, 2.05) is 17.7 Å². The molecule has 0 saturated carbocycles. The lowest BCUT2D eigenvalue weighted by Gasteiger charge is -2.08. The van der Waals surface area contributed by atoms with E-state index < -0.39 is 5.91 Å². The molecule has 0 saturated heterocycles. The molecule has 2 N–H and O–H groups in total. The molecule has 0 radical (unpaired) electrons. The Hall–Kier alpha value is -2.30. The number of aromatic nitrogens is 2. The van der Waals surface area contributed by atoms with E-state index >= 15 is 0 Å². The monoisotopic (exact) mass is 231 g/mol. The molecule has 0 unspecified atom stereocenters. The van der Waals surface area contributed by atoms with E-state index in [4.69, 9.17) is 10.5 Å². The van der Waals surface area contributed by atoms with Gasteiger partial charge < -0.3 is 15.0 Å². The Labute approximate surface area is 98.8 Å². The maximum Gasteiger partial charge on any atom is 0.252 e. The van der Waals surface area contributed by atoms with E-state index in [-0.39, 0.29) is 0 Å². The van der Waals surface area contributed by atoms with Gasteiger partial charge in [0, 0.05) is 12.3 Å². The zero-order valence-corrected chi connectivity index (χ0v) is 9.68. The van der Waals surface area contributed by atoms with Crippen LogP contribution in [0.2, 0.25) is 0 Å². The van der Waals surface area contributed by atoms with E-state index in [1.165, 1.54) is 7.11 Å². The van der Waals surface area contributed by atoms with Gasteiger partial charge in [0.1, 0.15) is 5.75 Å². The maximum atomic E-state index is 11.2. The number of hydrogen-bond donors (Lipinski definition) is 1. The number of nitrogens with two attached hydrogens (primary N) is 1. The highest BCUT2D eigenvalue weighted by Gasteiger charge is 2.10. The Kier molecular flexibility index (Phi) is 2.82. The SMILES string of the molecule is COc1cc(-n2cnc(C)c2)ccc1C(N)=O. The lowest BCUT2D eigenvalue weighted by Crippen LogP contribution is -2.12. The number of ether oxygens (including phenoxy) is 1. The fraction of sp³-hybridized carbons (Fsp3) is 0.167. The zero-order chi connectivity index (χ0) is 12.4. The van der Waals surface area contributed by atoms with Crippen molar-refractivity contribution in [2.45, 2.75) is 6.92 Å². The second kappa shape index (κ2) is 4.29. The molecule has 17 heavy (non-hydrogen) atoms. The van der Waals surface area contributed by atoms with Gasteiger partial charge in [-0.25, -0.2) is 4.98 Å². The summed E-state index contributed by atoms with van der Waals surface area (Å²) in [4.78, 5) is 15.3. The third-order valence-electron chi connectivity index (χ3n) is 2.46. The predicted molar refractivity (Wildman–Crippen MR) is 63.4 cm³/mol. The third kappa shape index (κ3) is 2.13. The minimum absolute atomic E-state index is 0.369. The lowest BCUT2D eigenvalue weighted by atomic mass is 10.1. The van der Waals surface area contributed by atoms with Crippen LogP contribution in [0.4, 0.5) is 0 Å². The van der Waals surface area contributed by atoms with Gasteiger partial charge >= 0.3 is 0 Å². The first-order chi connectivity index (χ1) is 8.11. The van der Waals surface area contributed by atoms with E-state index in [9.17, 15) is 4.79 Å². The van der Waals surface area contributed by atoms with Gasteiger partial charge in [-0.2, -0.15) is 0 Å². The summed E-state index contributed by atoms with van der Waals surface area (Å²) in [5, 5.41) is 0. The second-order valence-electron chi connectivity index (χ2n) is 3.67. The van der Waals surface area contributed by atoms with Crippen LogP contribution >= 0.6 is 0 Å². The topological polar surface area (TPSA) is 70.1 Å². The zero-order valence-electron chi connectivity index (χ0n) is 9.68. The van der Waals surface area contributed by atoms with Crippen LogP contribution in [0.3, 0.4) is 0 Å². The standard InChI is InChI=1S/C12H13N3O2/c1-8-6-15(7-14-8)9-3-4-10(12(13)16)11(5-9)17-2/h3-7H,1-2H3,(H2,13,16). The van der Waals surface area contributed by atoms with Gasteiger partial charge in [-0.3, -0.25) is 4.79 Å². The predicted octanol–water partition coefficient (Wildman–Crippen LogP) is 1.29. The first-order valence-corrected chi connectivity index (χ1v) is 5.10. The fourth-order valence-corrected chi connectivity index (χ4v) is 1.61. The Morgan fingerprint density at radius 3 is 2.76 bits per heavy atom. The van der Waals surface area contributed by atoms with Crippen molar-refractivity contribution < 1.29 is 9.53 Å². The van der Waals surface area contributed by atoms with Gasteiger partial charge in [0.15, 0.2) is 0 Å². The van der Waals surface area contributed by atoms with Crippen LogP contribution in [-0.4, -0.2) is 22.6 Å². The van der Waals surface area contributed by atoms with Crippen LogP contribution in [0, 0.1) is 6.92 Å². The molecule has 5 heteroatoms. The molecule has 0 aliphatic carbocycles. The highest BCUT2D eigenvalue weighted by molar-refractivity contribution is 5.95. The molecule has 1 heterocycles. The summed E-state index contributed by atoms with van der Waals surface area (Å²) < 4.78 is 6.99. The molecule has 0 atom stereocenters. The average molecular weight is 231 g/mol. The Morgan fingerprint density at radius 1 is 1.47 bits per heavy atom. The van der Waals surface area contributed by atoms with Gasteiger partial charge in [0.25, 0.3) is 5.91 Å². The van der Waals surface area contributed by atoms with Crippen LogP contribution in [0.15, 0.2) is 30.7 Å². The number of carbonyl (C=O) groups excluding carboxylic acids is 1. The summed E-state index contributed by atoms with van der Waals surface area (Å²) in [7, 11) is 1.50. The van der Waals surface area contributed by atoms with Crippen LogP contribution < -0.4 is 10.5 Å². The molecular formula is C12H13N3O2. The van der Waals surface area contributed by atoms with Crippen molar-refractivity contribution in [3.63, 3.8) is 0 Å². The van der Waals surface area contributed by atoms with Crippen LogP contribution in [-0.2, 0) is 0 Å². The average Bonchev–Trinajstić information content (AvgIpc) is 2.75. The van der Waals surface area contributed by atoms with Gasteiger partial charge in [-0.15, -0.1) is 0 Å². The van der Waals surface area contributed by atoms with Crippen LogP contribution in [0.5, 0.6) is 5.75 Å². The summed E-state index contributed by atoms with van der Waals surface area (Å²) in [6, 6.07) is 5.19. The fourth-order valence-electron chi connectivity index (χ4n) is 1.61. The van der Waals surface area contributed by atoms with Crippen molar-refractivity contribution in [3.05, 3.63) is 42.0 Å². The number of hydrogen-bond acceptors (Lipinski definition) is 3. The summed E-state index contributed by atoms with van der Waals surface area (Å²) in [6.07, 6.45) is 3.59. The quantitative estimate of drug-likeness (QED) is 0.865. The second-order valence-corrected chi connectivity index (χ2v) is 3.67. The number of methoxy groups -OCH3 is 1. The van der Waals surface area contributed by atoms with Crippen molar-refractivity contribution in [1.82, 2.24) is 9.55 Å². The molecule has 1 aromatic heterocycles. The third-order valence-corrected chi connectivity index (χ3v) is 2.46. The van der Waals surface area contributed by atoms with E-state index in [0.29, 0.717) is 11.3 Å². The van der Waals surface area contributed by atoms with Crippen molar-refractivity contribution in [1.29, 1.82) is 0 Å². The van der Waals surface area contributed by atoms with Crippen molar-refractivity contribution in [2.24, 2.45) is 5.73 Å². The molecule has 0 spiro atoms. The highest BCUT2D eigenvalue weighted by Crippen LogP contribution is 2.22. The molecule has 1 amide bonds. The van der Waals surface area contributed by atoms with E-state index in [1.54, 1.807) is 24.5 Å². The number of benzene rings is 1. The van der Waals surface area contributed by atoms with Crippen molar-refractivity contribution >= 4 is 5.91 Å². The van der Waals surface area contributed by atoms with Gasteiger partial charge in [0.05, 0.1) is 30.4 Å². The molecule has 1 aromatic carbocycles. The minimum Gasteiger partial charge on any atom is -0.496 e. The number of imidazole rings is 1. The van der Waals surface area contributed by atoms with Gasteiger partial charge in [-0.1, -0.05) is 0 Å². The number of rotatable bonds is 3. The van der Waals surface area contributed by atoms with Gasteiger partial charge in [0.2, 0.25) is 0 Å². The summed E-state index contributed by atoms with van der Waals surface area (Å²) >= 11 is 0.